The van der Waals surface area contributed by atoms with Gasteiger partial charge in [-0.1, -0.05) is 19.1 Å². The van der Waals surface area contributed by atoms with Gasteiger partial charge in [0.25, 0.3) is 0 Å². The summed E-state index contributed by atoms with van der Waals surface area (Å²) in [5.41, 5.74) is 0. The van der Waals surface area contributed by atoms with Gasteiger partial charge >= 0.3 is 0 Å². The third-order valence-electron chi connectivity index (χ3n) is 3.02. The molecule has 1 heterocycles. The van der Waals surface area contributed by atoms with E-state index in [0.717, 1.165) is 13.0 Å². The van der Waals surface area contributed by atoms with Crippen LogP contribution in [0.15, 0.2) is 12.2 Å². The van der Waals surface area contributed by atoms with E-state index in [0.29, 0.717) is 11.8 Å². The van der Waals surface area contributed by atoms with Crippen LogP contribution >= 0.6 is 0 Å². The van der Waals surface area contributed by atoms with Crippen LogP contribution in [0.1, 0.15) is 26.7 Å². The van der Waals surface area contributed by atoms with Gasteiger partial charge in [-0.05, 0) is 25.7 Å². The third-order valence-corrected chi connectivity index (χ3v) is 3.02. The highest BCUT2D eigenvalue weighted by molar-refractivity contribution is 4.94. The van der Waals surface area contributed by atoms with E-state index in [1.807, 2.05) is 0 Å². The summed E-state index contributed by atoms with van der Waals surface area (Å²) in [6.07, 6.45) is 7.12. The maximum atomic E-state index is 5.72. The minimum absolute atomic E-state index is 0.0509. The molecule has 0 aromatic heterocycles. The summed E-state index contributed by atoms with van der Waals surface area (Å²) in [6, 6.07) is 0. The smallest absolute Gasteiger partial charge is 0.161 e. The standard InChI is InChI=1S/C11H18O2/c1-8-5-3-4-6-10(8)11-12-7-9(2)13-11/h3-4,8-11H,5-7H2,1-2H3/t8-,9+,10+,11-/m1/s1. The highest BCUT2D eigenvalue weighted by Crippen LogP contribution is 2.32. The van der Waals surface area contributed by atoms with Gasteiger partial charge in [-0.3, -0.25) is 0 Å². The third kappa shape index (κ3) is 1.94. The highest BCUT2D eigenvalue weighted by atomic mass is 16.7. The average Bonchev–Trinajstić information content (AvgIpc) is 2.53. The molecule has 0 N–H and O–H groups in total. The molecule has 0 bridgehead atoms. The van der Waals surface area contributed by atoms with Crippen LogP contribution in [0.3, 0.4) is 0 Å². The van der Waals surface area contributed by atoms with Crippen LogP contribution in [-0.4, -0.2) is 19.0 Å². The summed E-state index contributed by atoms with van der Waals surface area (Å²) in [6.45, 7) is 5.12. The topological polar surface area (TPSA) is 18.5 Å². The van der Waals surface area contributed by atoms with Crippen molar-refractivity contribution in [3.63, 3.8) is 0 Å². The Morgan fingerprint density at radius 2 is 1.92 bits per heavy atom. The Kier molecular flexibility index (Phi) is 2.70. The second kappa shape index (κ2) is 3.81. The monoisotopic (exact) mass is 182 g/mol. The van der Waals surface area contributed by atoms with Crippen LogP contribution in [0.25, 0.3) is 0 Å². The number of hydrogen-bond donors (Lipinski definition) is 0. The Hall–Kier alpha value is -0.340. The average molecular weight is 182 g/mol. The van der Waals surface area contributed by atoms with Crippen LogP contribution < -0.4 is 0 Å². The minimum Gasteiger partial charge on any atom is -0.350 e. The first-order valence-electron chi connectivity index (χ1n) is 5.19. The molecule has 1 aliphatic carbocycles. The van der Waals surface area contributed by atoms with Gasteiger partial charge < -0.3 is 9.47 Å². The van der Waals surface area contributed by atoms with Crippen molar-refractivity contribution in [2.24, 2.45) is 11.8 Å². The summed E-state index contributed by atoms with van der Waals surface area (Å²) >= 11 is 0. The fourth-order valence-corrected chi connectivity index (χ4v) is 2.11. The van der Waals surface area contributed by atoms with Crippen LogP contribution in [0, 0.1) is 11.8 Å². The summed E-state index contributed by atoms with van der Waals surface area (Å²) in [4.78, 5) is 0. The second-order valence-electron chi connectivity index (χ2n) is 4.23. The Morgan fingerprint density at radius 3 is 2.54 bits per heavy atom. The van der Waals surface area contributed by atoms with Crippen LogP contribution in [0.4, 0.5) is 0 Å². The number of allylic oxidation sites excluding steroid dienone is 2. The molecule has 0 radical (unpaired) electrons. The molecule has 1 saturated heterocycles. The van der Waals surface area contributed by atoms with Crippen molar-refractivity contribution in [1.82, 2.24) is 0 Å². The number of hydrogen-bond acceptors (Lipinski definition) is 2. The second-order valence-corrected chi connectivity index (χ2v) is 4.23. The quantitative estimate of drug-likeness (QED) is 0.579. The predicted octanol–water partition coefficient (Wildman–Crippen LogP) is 2.35. The molecule has 0 aromatic carbocycles. The molecule has 13 heavy (non-hydrogen) atoms. The lowest BCUT2D eigenvalue weighted by Crippen LogP contribution is -2.28. The molecule has 4 atom stereocenters. The first kappa shape index (κ1) is 9.22. The SMILES string of the molecule is C[C@@H]1CC=CC[C@@H]1[C@@H]1OC[C@H](C)O1. The Morgan fingerprint density at radius 1 is 1.15 bits per heavy atom. The molecule has 2 aliphatic rings. The molecular formula is C11H18O2. The lowest BCUT2D eigenvalue weighted by molar-refractivity contribution is -0.108. The van der Waals surface area contributed by atoms with E-state index >= 15 is 0 Å². The van der Waals surface area contributed by atoms with Crippen molar-refractivity contribution in [3.8, 4) is 0 Å². The van der Waals surface area contributed by atoms with Crippen molar-refractivity contribution < 1.29 is 9.47 Å². The van der Waals surface area contributed by atoms with Crippen molar-refractivity contribution in [2.75, 3.05) is 6.61 Å². The van der Waals surface area contributed by atoms with Crippen molar-refractivity contribution in [3.05, 3.63) is 12.2 Å². The van der Waals surface area contributed by atoms with E-state index in [2.05, 4.69) is 26.0 Å². The van der Waals surface area contributed by atoms with E-state index in [9.17, 15) is 0 Å². The van der Waals surface area contributed by atoms with Gasteiger partial charge in [0.1, 0.15) is 0 Å². The summed E-state index contributed by atoms with van der Waals surface area (Å²) in [5, 5.41) is 0. The number of ether oxygens (including phenoxy) is 2. The summed E-state index contributed by atoms with van der Waals surface area (Å²) in [5.74, 6) is 1.26. The molecular weight excluding hydrogens is 164 g/mol. The predicted molar refractivity (Wildman–Crippen MR) is 51.3 cm³/mol. The van der Waals surface area contributed by atoms with Gasteiger partial charge in [-0.25, -0.2) is 0 Å². The lowest BCUT2D eigenvalue weighted by Gasteiger charge is -2.29. The molecule has 2 heteroatoms. The summed E-state index contributed by atoms with van der Waals surface area (Å²) < 4.78 is 11.3. The Bertz CT molecular complexity index is 200. The minimum atomic E-state index is 0.0509. The van der Waals surface area contributed by atoms with Crippen LogP contribution in [0.5, 0.6) is 0 Å². The van der Waals surface area contributed by atoms with Crippen molar-refractivity contribution >= 4 is 0 Å². The van der Waals surface area contributed by atoms with Gasteiger partial charge in [-0.2, -0.15) is 0 Å². The zero-order valence-corrected chi connectivity index (χ0v) is 8.40. The molecule has 0 aromatic rings. The molecule has 2 nitrogen and oxygen atoms in total. The largest absolute Gasteiger partial charge is 0.350 e. The zero-order chi connectivity index (χ0) is 9.26. The van der Waals surface area contributed by atoms with E-state index in [-0.39, 0.29) is 12.4 Å². The summed E-state index contributed by atoms with van der Waals surface area (Å²) in [7, 11) is 0. The van der Waals surface area contributed by atoms with Gasteiger partial charge in [0.05, 0.1) is 12.7 Å². The van der Waals surface area contributed by atoms with Gasteiger partial charge in [0, 0.05) is 5.92 Å². The highest BCUT2D eigenvalue weighted by Gasteiger charge is 2.33. The van der Waals surface area contributed by atoms with Gasteiger partial charge in [-0.15, -0.1) is 0 Å². The van der Waals surface area contributed by atoms with Gasteiger partial charge in [0.15, 0.2) is 6.29 Å². The first-order chi connectivity index (χ1) is 6.27. The van der Waals surface area contributed by atoms with Gasteiger partial charge in [0.2, 0.25) is 0 Å². The molecule has 74 valence electrons. The van der Waals surface area contributed by atoms with E-state index < -0.39 is 0 Å². The fourth-order valence-electron chi connectivity index (χ4n) is 2.11. The molecule has 1 fully saturated rings. The normalized spacial score (nSPS) is 45.4. The van der Waals surface area contributed by atoms with Crippen LogP contribution in [0.2, 0.25) is 0 Å². The fraction of sp³-hybridized carbons (Fsp3) is 0.818. The molecule has 2 rings (SSSR count). The van der Waals surface area contributed by atoms with Crippen molar-refractivity contribution in [2.45, 2.75) is 39.1 Å². The molecule has 0 spiro atoms. The first-order valence-corrected chi connectivity index (χ1v) is 5.19. The van der Waals surface area contributed by atoms with E-state index in [1.54, 1.807) is 0 Å². The van der Waals surface area contributed by atoms with E-state index in [4.69, 9.17) is 9.47 Å². The molecule has 0 unspecified atom stereocenters. The Balaban J connectivity index is 1.96. The maximum Gasteiger partial charge on any atom is 0.161 e. The van der Waals surface area contributed by atoms with Crippen LogP contribution in [-0.2, 0) is 9.47 Å². The molecule has 0 amide bonds. The van der Waals surface area contributed by atoms with E-state index in [1.165, 1.54) is 6.42 Å². The molecule has 1 aliphatic heterocycles. The number of rotatable bonds is 1. The van der Waals surface area contributed by atoms with Crippen molar-refractivity contribution in [1.29, 1.82) is 0 Å². The molecule has 0 saturated carbocycles. The Labute approximate surface area is 79.9 Å². The zero-order valence-electron chi connectivity index (χ0n) is 8.40. The lowest BCUT2D eigenvalue weighted by atomic mass is 9.84. The maximum absolute atomic E-state index is 5.72.